The maximum Gasteiger partial charge on any atom is 0.233 e. The van der Waals surface area contributed by atoms with E-state index in [-0.39, 0.29) is 17.7 Å². The Bertz CT molecular complexity index is 879. The minimum atomic E-state index is -3.17. The summed E-state index contributed by atoms with van der Waals surface area (Å²) in [4.78, 5) is 18.8. The summed E-state index contributed by atoms with van der Waals surface area (Å²) >= 11 is 1.58. The summed E-state index contributed by atoms with van der Waals surface area (Å²) in [7, 11) is -3.17. The molecule has 0 atom stereocenters. The predicted octanol–water partition coefficient (Wildman–Crippen LogP) is 1.40. The van der Waals surface area contributed by atoms with E-state index in [1.54, 1.807) is 16.2 Å². The van der Waals surface area contributed by atoms with Gasteiger partial charge in [0.2, 0.25) is 27.6 Å². The van der Waals surface area contributed by atoms with Crippen molar-refractivity contribution in [2.75, 3.05) is 32.4 Å². The third-order valence-corrected chi connectivity index (χ3v) is 7.02. The number of amides is 1. The number of hydrogen-bond acceptors (Lipinski definition) is 7. The molecule has 2 aliphatic rings. The van der Waals surface area contributed by atoms with Gasteiger partial charge in [0.05, 0.1) is 12.2 Å². The van der Waals surface area contributed by atoms with Gasteiger partial charge in [-0.25, -0.2) is 12.7 Å². The zero-order valence-electron chi connectivity index (χ0n) is 14.4. The number of aromatic nitrogens is 2. The number of hydrogen-bond donors (Lipinski definition) is 0. The molecule has 4 heterocycles. The fourth-order valence-electron chi connectivity index (χ4n) is 3.42. The Morgan fingerprint density at radius 1 is 1.31 bits per heavy atom. The Kier molecular flexibility index (Phi) is 4.57. The van der Waals surface area contributed by atoms with E-state index < -0.39 is 10.0 Å². The van der Waals surface area contributed by atoms with Gasteiger partial charge < -0.3 is 9.42 Å². The molecule has 0 aliphatic carbocycles. The van der Waals surface area contributed by atoms with Crippen molar-refractivity contribution < 1.29 is 17.7 Å². The van der Waals surface area contributed by atoms with Gasteiger partial charge in [0.1, 0.15) is 0 Å². The summed E-state index contributed by atoms with van der Waals surface area (Å²) in [6, 6.07) is 1.94. The second-order valence-electron chi connectivity index (χ2n) is 6.84. The Labute approximate surface area is 155 Å². The van der Waals surface area contributed by atoms with Crippen LogP contribution in [0.15, 0.2) is 21.3 Å². The molecule has 26 heavy (non-hydrogen) atoms. The molecular formula is C16H20N4O4S2. The Morgan fingerprint density at radius 3 is 2.65 bits per heavy atom. The molecule has 0 unspecified atom stereocenters. The van der Waals surface area contributed by atoms with Crippen LogP contribution in [0.5, 0.6) is 0 Å². The van der Waals surface area contributed by atoms with E-state index in [1.807, 2.05) is 16.8 Å². The zero-order chi connectivity index (χ0) is 18.3. The van der Waals surface area contributed by atoms with Gasteiger partial charge in [-0.1, -0.05) is 5.16 Å². The Morgan fingerprint density at radius 2 is 2.04 bits per heavy atom. The van der Waals surface area contributed by atoms with Crippen molar-refractivity contribution in [1.29, 1.82) is 0 Å². The Balaban J connectivity index is 1.30. The van der Waals surface area contributed by atoms with Crippen LogP contribution in [-0.4, -0.2) is 66.1 Å². The van der Waals surface area contributed by atoms with Crippen LogP contribution in [-0.2, 0) is 14.8 Å². The molecule has 10 heteroatoms. The molecule has 0 N–H and O–H groups in total. The fourth-order valence-corrected chi connectivity index (χ4v) is 4.93. The fraction of sp³-hybridized carbons (Fsp3) is 0.562. The third kappa shape index (κ3) is 3.40. The first kappa shape index (κ1) is 17.6. The molecule has 2 aliphatic heterocycles. The number of sulfonamides is 1. The number of carbonyl (C=O) groups is 1. The molecule has 2 aromatic heterocycles. The van der Waals surface area contributed by atoms with Crippen molar-refractivity contribution in [3.8, 4) is 11.4 Å². The van der Waals surface area contributed by atoms with E-state index in [1.165, 1.54) is 10.6 Å². The first-order chi connectivity index (χ1) is 12.4. The molecular weight excluding hydrogens is 376 g/mol. The quantitative estimate of drug-likeness (QED) is 0.775. The maximum atomic E-state index is 12.6. The number of carbonyl (C=O) groups excluding carboxylic acids is 1. The van der Waals surface area contributed by atoms with Crippen molar-refractivity contribution in [2.24, 2.45) is 5.92 Å². The topological polar surface area (TPSA) is 96.6 Å². The maximum absolute atomic E-state index is 12.6. The van der Waals surface area contributed by atoms with Crippen LogP contribution in [0.25, 0.3) is 11.4 Å². The number of nitrogens with zero attached hydrogens (tertiary/aromatic N) is 4. The van der Waals surface area contributed by atoms with E-state index in [0.717, 1.165) is 5.56 Å². The number of piperidine rings is 1. The lowest BCUT2D eigenvalue weighted by Crippen LogP contribution is -2.52. The van der Waals surface area contributed by atoms with Gasteiger partial charge >= 0.3 is 0 Å². The average Bonchev–Trinajstić information content (AvgIpc) is 3.24. The lowest BCUT2D eigenvalue weighted by Gasteiger charge is -2.40. The first-order valence-corrected chi connectivity index (χ1v) is 11.3. The molecule has 0 bridgehead atoms. The molecule has 2 fully saturated rings. The van der Waals surface area contributed by atoms with Gasteiger partial charge in [0, 0.05) is 43.0 Å². The summed E-state index contributed by atoms with van der Waals surface area (Å²) in [5, 5.41) is 7.94. The van der Waals surface area contributed by atoms with E-state index >= 15 is 0 Å². The van der Waals surface area contributed by atoms with Gasteiger partial charge in [-0.2, -0.15) is 16.3 Å². The normalized spacial score (nSPS) is 20.3. The molecule has 140 valence electrons. The number of rotatable bonds is 4. The van der Waals surface area contributed by atoms with Crippen LogP contribution < -0.4 is 0 Å². The summed E-state index contributed by atoms with van der Waals surface area (Å²) in [5.41, 5.74) is 0.940. The summed E-state index contributed by atoms with van der Waals surface area (Å²) < 4.78 is 29.9. The van der Waals surface area contributed by atoms with Crippen LogP contribution in [0.1, 0.15) is 24.7 Å². The molecule has 2 saturated heterocycles. The van der Waals surface area contributed by atoms with Crippen molar-refractivity contribution in [1.82, 2.24) is 19.3 Å². The van der Waals surface area contributed by atoms with E-state index in [9.17, 15) is 13.2 Å². The minimum absolute atomic E-state index is 0.0787. The highest BCUT2D eigenvalue weighted by Gasteiger charge is 2.39. The van der Waals surface area contributed by atoms with E-state index in [4.69, 9.17) is 4.52 Å². The molecule has 0 saturated carbocycles. The second-order valence-corrected chi connectivity index (χ2v) is 9.61. The van der Waals surface area contributed by atoms with Crippen molar-refractivity contribution in [3.05, 3.63) is 22.7 Å². The van der Waals surface area contributed by atoms with Crippen molar-refractivity contribution in [3.63, 3.8) is 0 Å². The molecule has 4 rings (SSSR count). The van der Waals surface area contributed by atoms with Gasteiger partial charge in [-0.05, 0) is 24.3 Å². The smallest absolute Gasteiger partial charge is 0.233 e. The van der Waals surface area contributed by atoms with Gasteiger partial charge in [0.25, 0.3) is 0 Å². The zero-order valence-corrected chi connectivity index (χ0v) is 16.0. The highest BCUT2D eigenvalue weighted by atomic mass is 32.2. The van der Waals surface area contributed by atoms with Crippen LogP contribution in [0, 0.1) is 5.92 Å². The largest absolute Gasteiger partial charge is 0.341 e. The monoisotopic (exact) mass is 396 g/mol. The molecule has 2 aromatic rings. The van der Waals surface area contributed by atoms with Gasteiger partial charge in [-0.15, -0.1) is 0 Å². The molecule has 0 aromatic carbocycles. The summed E-state index contributed by atoms with van der Waals surface area (Å²) in [6.45, 7) is 1.99. The SMILES string of the molecule is CS(=O)(=O)N1CCC(C(=O)N2CC(c3nc(-c4ccsc4)no3)C2)CC1. The standard InChI is InChI=1S/C16H20N4O4S2/c1-26(22,23)20-5-2-11(3-6-20)16(21)19-8-13(9-19)15-17-14(18-24-15)12-4-7-25-10-12/h4,7,10-11,13H,2-3,5-6,8-9H2,1H3. The van der Waals surface area contributed by atoms with Crippen molar-refractivity contribution >= 4 is 27.3 Å². The molecule has 8 nitrogen and oxygen atoms in total. The first-order valence-electron chi connectivity index (χ1n) is 8.52. The predicted molar refractivity (Wildman–Crippen MR) is 96.1 cm³/mol. The lowest BCUT2D eigenvalue weighted by atomic mass is 9.92. The minimum Gasteiger partial charge on any atom is -0.341 e. The van der Waals surface area contributed by atoms with E-state index in [0.29, 0.717) is 50.7 Å². The average molecular weight is 396 g/mol. The van der Waals surface area contributed by atoms with Gasteiger partial charge in [0.15, 0.2) is 0 Å². The van der Waals surface area contributed by atoms with Crippen LogP contribution in [0.4, 0.5) is 0 Å². The third-order valence-electron chi connectivity index (χ3n) is 5.04. The van der Waals surface area contributed by atoms with Crippen LogP contribution in [0.2, 0.25) is 0 Å². The second kappa shape index (κ2) is 6.75. The number of likely N-dealkylation sites (tertiary alicyclic amines) is 1. The molecule has 0 spiro atoms. The molecule has 1 amide bonds. The Hall–Kier alpha value is -1.78. The lowest BCUT2D eigenvalue weighted by molar-refractivity contribution is -0.141. The van der Waals surface area contributed by atoms with Crippen LogP contribution in [0.3, 0.4) is 0 Å². The van der Waals surface area contributed by atoms with Gasteiger partial charge in [-0.3, -0.25) is 4.79 Å². The number of thiophene rings is 1. The van der Waals surface area contributed by atoms with E-state index in [2.05, 4.69) is 10.1 Å². The van der Waals surface area contributed by atoms with Crippen molar-refractivity contribution in [2.45, 2.75) is 18.8 Å². The van der Waals surface area contributed by atoms with Crippen LogP contribution >= 0.6 is 11.3 Å². The highest BCUT2D eigenvalue weighted by molar-refractivity contribution is 7.88. The summed E-state index contributed by atoms with van der Waals surface area (Å²) in [5.74, 6) is 1.24. The highest BCUT2D eigenvalue weighted by Crippen LogP contribution is 2.31. The molecule has 0 radical (unpaired) electrons. The summed E-state index contributed by atoms with van der Waals surface area (Å²) in [6.07, 6.45) is 2.37.